The molecule has 1 aliphatic rings. The summed E-state index contributed by atoms with van der Waals surface area (Å²) in [5.41, 5.74) is 12.4. The third-order valence-corrected chi connectivity index (χ3v) is 10.8. The van der Waals surface area contributed by atoms with Gasteiger partial charge >= 0.3 is 0 Å². The first-order valence-electron chi connectivity index (χ1n) is 18.9. The molecule has 4 nitrogen and oxygen atoms in total. The van der Waals surface area contributed by atoms with Gasteiger partial charge in [-0.1, -0.05) is 133 Å². The molecule has 56 heavy (non-hydrogen) atoms. The molecule has 0 atom stereocenters. The molecule has 11 rings (SSSR count). The van der Waals surface area contributed by atoms with Gasteiger partial charge in [-0.25, -0.2) is 0 Å². The lowest BCUT2D eigenvalue weighted by Gasteiger charge is -2.32. The number of benzene rings is 9. The number of ether oxygens (including phenoxy) is 1. The molecule has 1 aromatic heterocycles. The van der Waals surface area contributed by atoms with Gasteiger partial charge in [0, 0.05) is 44.2 Å². The monoisotopic (exact) mass is 718 g/mol. The minimum Gasteiger partial charge on any atom is -0.456 e. The second-order valence-corrected chi connectivity index (χ2v) is 14.1. The number of para-hydroxylation sites is 4. The summed E-state index contributed by atoms with van der Waals surface area (Å²) in [6.45, 7) is 0. The maximum absolute atomic E-state index is 6.87. The molecule has 0 N–H and O–H groups in total. The number of furan rings is 1. The van der Waals surface area contributed by atoms with Crippen LogP contribution >= 0.6 is 0 Å². The highest BCUT2D eigenvalue weighted by molar-refractivity contribution is 6.15. The van der Waals surface area contributed by atoms with Crippen molar-refractivity contribution in [3.63, 3.8) is 0 Å². The van der Waals surface area contributed by atoms with Gasteiger partial charge in [-0.15, -0.1) is 0 Å². The molecule has 0 bridgehead atoms. The SMILES string of the molecule is c1ccc(-c2ccc(N(c3ccc4c5c(cccc35)-c3c(cccc3N(c3ccccc3)c3ccccc3)O4)c3cccc4c3oc3ccccc34)cc2)cc1. The Morgan fingerprint density at radius 3 is 1.70 bits per heavy atom. The average Bonchev–Trinajstić information content (AvgIpc) is 3.66. The van der Waals surface area contributed by atoms with E-state index in [-0.39, 0.29) is 0 Å². The van der Waals surface area contributed by atoms with E-state index in [9.17, 15) is 0 Å². The summed E-state index contributed by atoms with van der Waals surface area (Å²) < 4.78 is 13.6. The molecule has 4 heteroatoms. The van der Waals surface area contributed by atoms with Gasteiger partial charge in [0.15, 0.2) is 5.58 Å². The molecule has 9 aromatic carbocycles. The summed E-state index contributed by atoms with van der Waals surface area (Å²) >= 11 is 0. The van der Waals surface area contributed by atoms with Crippen molar-refractivity contribution in [2.45, 2.75) is 0 Å². The zero-order valence-corrected chi connectivity index (χ0v) is 30.3. The van der Waals surface area contributed by atoms with Gasteiger partial charge in [0.1, 0.15) is 17.1 Å². The van der Waals surface area contributed by atoms with E-state index >= 15 is 0 Å². The largest absolute Gasteiger partial charge is 0.456 e. The summed E-state index contributed by atoms with van der Waals surface area (Å²) in [5, 5.41) is 4.32. The van der Waals surface area contributed by atoms with Crippen molar-refractivity contribution in [2.75, 3.05) is 9.80 Å². The highest BCUT2D eigenvalue weighted by Crippen LogP contribution is 2.55. The van der Waals surface area contributed by atoms with Crippen LogP contribution < -0.4 is 14.5 Å². The van der Waals surface area contributed by atoms with Crippen molar-refractivity contribution < 1.29 is 9.15 Å². The van der Waals surface area contributed by atoms with E-state index < -0.39 is 0 Å². The molecule has 0 fully saturated rings. The third kappa shape index (κ3) is 5.15. The average molecular weight is 719 g/mol. The fourth-order valence-corrected chi connectivity index (χ4v) is 8.36. The first-order valence-corrected chi connectivity index (χ1v) is 18.9. The lowest BCUT2D eigenvalue weighted by molar-refractivity contribution is 0.487. The summed E-state index contributed by atoms with van der Waals surface area (Å²) in [6, 6.07) is 72.4. The van der Waals surface area contributed by atoms with Crippen LogP contribution in [0.25, 0.3) is 55.0 Å². The lowest BCUT2D eigenvalue weighted by Crippen LogP contribution is -2.13. The van der Waals surface area contributed by atoms with Crippen LogP contribution in [0.3, 0.4) is 0 Å². The Morgan fingerprint density at radius 2 is 0.929 bits per heavy atom. The zero-order chi connectivity index (χ0) is 37.0. The maximum Gasteiger partial charge on any atom is 0.159 e. The van der Waals surface area contributed by atoms with Crippen LogP contribution in [0.1, 0.15) is 0 Å². The van der Waals surface area contributed by atoms with Gasteiger partial charge in [-0.3, -0.25) is 0 Å². The highest BCUT2D eigenvalue weighted by atomic mass is 16.5. The molecule has 0 aliphatic carbocycles. The molecule has 264 valence electrons. The van der Waals surface area contributed by atoms with Crippen molar-refractivity contribution in [3.05, 3.63) is 206 Å². The van der Waals surface area contributed by atoms with Crippen molar-refractivity contribution in [2.24, 2.45) is 0 Å². The predicted octanol–water partition coefficient (Wildman–Crippen LogP) is 15.1. The summed E-state index contributed by atoms with van der Waals surface area (Å²) in [4.78, 5) is 4.66. The Balaban J connectivity index is 1.15. The summed E-state index contributed by atoms with van der Waals surface area (Å²) in [7, 11) is 0. The van der Waals surface area contributed by atoms with Gasteiger partial charge < -0.3 is 19.0 Å². The molecule has 0 spiro atoms. The van der Waals surface area contributed by atoms with E-state index in [2.05, 4.69) is 204 Å². The van der Waals surface area contributed by atoms with Crippen LogP contribution in [0.4, 0.5) is 34.1 Å². The van der Waals surface area contributed by atoms with E-state index in [0.29, 0.717) is 0 Å². The molecule has 0 radical (unpaired) electrons. The van der Waals surface area contributed by atoms with Crippen LogP contribution in [0.2, 0.25) is 0 Å². The van der Waals surface area contributed by atoms with E-state index in [1.165, 1.54) is 5.56 Å². The first-order chi connectivity index (χ1) is 27.8. The molecule has 2 heterocycles. The number of rotatable bonds is 7. The highest BCUT2D eigenvalue weighted by Gasteiger charge is 2.29. The Morgan fingerprint density at radius 1 is 0.339 bits per heavy atom. The standard InChI is InChI=1S/C52H34N2O2/c1-4-15-35(16-5-1)36-29-31-39(32-30-36)54(46-26-13-22-41-40-21-10-11-27-47(40)56-52(41)46)44-33-34-49-50-42(44)23-12-24-43(50)51-45(25-14-28-48(51)55-49)53(37-17-6-2-7-18-37)38-19-8-3-9-20-38/h1-34H. The smallest absolute Gasteiger partial charge is 0.159 e. The summed E-state index contributed by atoms with van der Waals surface area (Å²) in [5.74, 6) is 1.66. The summed E-state index contributed by atoms with van der Waals surface area (Å²) in [6.07, 6.45) is 0. The Hall–Kier alpha value is -7.56. The fourth-order valence-electron chi connectivity index (χ4n) is 8.36. The minimum atomic E-state index is 0.826. The van der Waals surface area contributed by atoms with E-state index in [1.54, 1.807) is 0 Å². The topological polar surface area (TPSA) is 28.9 Å². The van der Waals surface area contributed by atoms with Gasteiger partial charge in [0.2, 0.25) is 0 Å². The third-order valence-electron chi connectivity index (χ3n) is 10.8. The van der Waals surface area contributed by atoms with Crippen molar-refractivity contribution in [1.29, 1.82) is 0 Å². The number of hydrogen-bond acceptors (Lipinski definition) is 4. The first kappa shape index (κ1) is 31.9. The molecule has 1 aliphatic heterocycles. The quantitative estimate of drug-likeness (QED) is 0.164. The van der Waals surface area contributed by atoms with Crippen molar-refractivity contribution in [1.82, 2.24) is 0 Å². The Kier molecular flexibility index (Phi) is 7.46. The fraction of sp³-hybridized carbons (Fsp3) is 0. The van der Waals surface area contributed by atoms with Crippen LogP contribution in [0, 0.1) is 0 Å². The molecular formula is C52H34N2O2. The molecule has 0 unspecified atom stereocenters. The number of anilines is 6. The van der Waals surface area contributed by atoms with Crippen LogP contribution in [-0.4, -0.2) is 0 Å². The second kappa shape index (κ2) is 13.1. The van der Waals surface area contributed by atoms with Gasteiger partial charge in [-0.2, -0.15) is 0 Å². The van der Waals surface area contributed by atoms with Crippen LogP contribution in [-0.2, 0) is 0 Å². The molecule has 0 saturated carbocycles. The molecule has 0 saturated heterocycles. The maximum atomic E-state index is 6.87. The predicted molar refractivity (Wildman–Crippen MR) is 232 cm³/mol. The van der Waals surface area contributed by atoms with Crippen molar-refractivity contribution in [3.8, 4) is 33.8 Å². The van der Waals surface area contributed by atoms with Crippen molar-refractivity contribution >= 4 is 66.8 Å². The van der Waals surface area contributed by atoms with E-state index in [1.807, 2.05) is 12.1 Å². The molecule has 10 aromatic rings. The molecular weight excluding hydrogens is 685 g/mol. The Labute approximate surface area is 324 Å². The number of fused-ring (bicyclic) bond motifs is 5. The normalized spacial score (nSPS) is 11.7. The van der Waals surface area contributed by atoms with E-state index in [0.717, 1.165) is 95.0 Å². The van der Waals surface area contributed by atoms with Crippen LogP contribution in [0.5, 0.6) is 11.5 Å². The Bertz CT molecular complexity index is 3010. The second-order valence-electron chi connectivity index (χ2n) is 14.1. The van der Waals surface area contributed by atoms with Crippen LogP contribution in [0.15, 0.2) is 211 Å². The van der Waals surface area contributed by atoms with Gasteiger partial charge in [0.05, 0.1) is 17.1 Å². The lowest BCUT2D eigenvalue weighted by atomic mass is 9.91. The minimum absolute atomic E-state index is 0.826. The molecule has 0 amide bonds. The number of hydrogen-bond donors (Lipinski definition) is 0. The zero-order valence-electron chi connectivity index (χ0n) is 30.3. The van der Waals surface area contributed by atoms with Gasteiger partial charge in [0.25, 0.3) is 0 Å². The number of nitrogens with zero attached hydrogens (tertiary/aromatic N) is 2. The van der Waals surface area contributed by atoms with Gasteiger partial charge in [-0.05, 0) is 89.5 Å². The van der Waals surface area contributed by atoms with E-state index in [4.69, 9.17) is 9.15 Å².